The third-order valence-electron chi connectivity index (χ3n) is 2.47. The Bertz CT molecular complexity index is 399. The molecule has 0 spiro atoms. The molecule has 0 saturated carbocycles. The Morgan fingerprint density at radius 3 is 2.88 bits per heavy atom. The summed E-state index contributed by atoms with van der Waals surface area (Å²) in [4.78, 5) is 6.14. The summed E-state index contributed by atoms with van der Waals surface area (Å²) in [6, 6.07) is 5.64. The Morgan fingerprint density at radius 2 is 2.31 bits per heavy atom. The molecule has 0 fully saturated rings. The molecule has 0 aliphatic carbocycles. The van der Waals surface area contributed by atoms with Gasteiger partial charge in [0.25, 0.3) is 0 Å². The maximum atomic E-state index is 8.65. The van der Waals surface area contributed by atoms with E-state index in [1.807, 2.05) is 18.9 Å². The van der Waals surface area contributed by atoms with Gasteiger partial charge >= 0.3 is 0 Å². The van der Waals surface area contributed by atoms with E-state index < -0.39 is 0 Å². The van der Waals surface area contributed by atoms with Crippen LogP contribution in [0.1, 0.15) is 13.3 Å². The van der Waals surface area contributed by atoms with Crippen molar-refractivity contribution in [1.29, 1.82) is 5.26 Å². The van der Waals surface area contributed by atoms with Crippen molar-refractivity contribution >= 4 is 11.5 Å². The summed E-state index contributed by atoms with van der Waals surface area (Å²) in [5, 5.41) is 8.65. The maximum absolute atomic E-state index is 8.65. The van der Waals surface area contributed by atoms with Crippen LogP contribution in [-0.4, -0.2) is 25.2 Å². The van der Waals surface area contributed by atoms with E-state index in [4.69, 9.17) is 15.7 Å². The molecule has 16 heavy (non-hydrogen) atoms. The third kappa shape index (κ3) is 2.54. The van der Waals surface area contributed by atoms with E-state index in [1.165, 1.54) is 0 Å². The Morgan fingerprint density at radius 1 is 1.62 bits per heavy atom. The minimum Gasteiger partial charge on any atom is -0.481 e. The first-order chi connectivity index (χ1) is 7.60. The molecule has 1 aromatic heterocycles. The highest BCUT2D eigenvalue weighted by molar-refractivity contribution is 5.63. The zero-order valence-electron chi connectivity index (χ0n) is 9.77. The molecule has 0 amide bonds. The first-order valence-electron chi connectivity index (χ1n) is 5.00. The Kier molecular flexibility index (Phi) is 3.95. The summed E-state index contributed by atoms with van der Waals surface area (Å²) >= 11 is 0. The quantitative estimate of drug-likeness (QED) is 0.830. The molecule has 0 saturated heterocycles. The molecule has 1 atom stereocenters. The minimum absolute atomic E-state index is 0.0620. The highest BCUT2D eigenvalue weighted by Crippen LogP contribution is 2.24. The van der Waals surface area contributed by atoms with Crippen LogP contribution in [0.5, 0.6) is 5.88 Å². The van der Waals surface area contributed by atoms with Crippen molar-refractivity contribution in [2.75, 3.05) is 24.8 Å². The molecule has 1 heterocycles. The van der Waals surface area contributed by atoms with E-state index in [0.717, 1.165) is 0 Å². The molecule has 0 bridgehead atoms. The predicted molar refractivity (Wildman–Crippen MR) is 63.3 cm³/mol. The molecule has 5 nitrogen and oxygen atoms in total. The molecule has 0 radical (unpaired) electrons. The largest absolute Gasteiger partial charge is 0.481 e. The van der Waals surface area contributed by atoms with Crippen molar-refractivity contribution in [3.63, 3.8) is 0 Å². The summed E-state index contributed by atoms with van der Waals surface area (Å²) in [5.74, 6) is 1.15. The van der Waals surface area contributed by atoms with E-state index in [1.54, 1.807) is 19.2 Å². The molecule has 0 aromatic carbocycles. The van der Waals surface area contributed by atoms with Gasteiger partial charge in [-0.2, -0.15) is 10.2 Å². The lowest BCUT2D eigenvalue weighted by atomic mass is 10.2. The van der Waals surface area contributed by atoms with Gasteiger partial charge in [0, 0.05) is 19.2 Å². The number of ether oxygens (including phenoxy) is 1. The predicted octanol–water partition coefficient (Wildman–Crippen LogP) is 1.41. The fourth-order valence-corrected chi connectivity index (χ4v) is 1.32. The fourth-order valence-electron chi connectivity index (χ4n) is 1.32. The molecular formula is C11H16N4O. The summed E-state index contributed by atoms with van der Waals surface area (Å²) in [7, 11) is 3.42. The number of nitrogen functional groups attached to an aromatic ring is 1. The lowest BCUT2D eigenvalue weighted by Crippen LogP contribution is -2.29. The van der Waals surface area contributed by atoms with Gasteiger partial charge in [-0.1, -0.05) is 0 Å². The molecule has 5 heteroatoms. The standard InChI is InChI=1S/C11H16N4O/c1-8(6-7-12)15(2)11-9(13)4-5-10(14-11)16-3/h4-5,8H,6,13H2,1-3H3. The Labute approximate surface area is 95.4 Å². The van der Waals surface area contributed by atoms with Crippen LogP contribution >= 0.6 is 0 Å². The van der Waals surface area contributed by atoms with Gasteiger partial charge in [-0.05, 0) is 13.0 Å². The van der Waals surface area contributed by atoms with Crippen LogP contribution in [-0.2, 0) is 0 Å². The van der Waals surface area contributed by atoms with Crippen molar-refractivity contribution in [3.05, 3.63) is 12.1 Å². The van der Waals surface area contributed by atoms with Crippen molar-refractivity contribution < 1.29 is 4.74 Å². The van der Waals surface area contributed by atoms with E-state index in [-0.39, 0.29) is 6.04 Å². The number of nitriles is 1. The van der Waals surface area contributed by atoms with Gasteiger partial charge < -0.3 is 15.4 Å². The first kappa shape index (κ1) is 12.1. The van der Waals surface area contributed by atoms with Gasteiger partial charge in [0.1, 0.15) is 0 Å². The highest BCUT2D eigenvalue weighted by atomic mass is 16.5. The van der Waals surface area contributed by atoms with Gasteiger partial charge in [-0.15, -0.1) is 0 Å². The van der Waals surface area contributed by atoms with Crippen molar-refractivity contribution in [1.82, 2.24) is 4.98 Å². The molecule has 2 N–H and O–H groups in total. The summed E-state index contributed by atoms with van der Waals surface area (Å²) in [6.45, 7) is 1.95. The summed E-state index contributed by atoms with van der Waals surface area (Å²) in [5.41, 5.74) is 6.41. The number of pyridine rings is 1. The normalized spacial score (nSPS) is 11.6. The summed E-state index contributed by atoms with van der Waals surface area (Å²) in [6.07, 6.45) is 0.425. The van der Waals surface area contributed by atoms with Crippen molar-refractivity contribution in [2.24, 2.45) is 0 Å². The second kappa shape index (κ2) is 5.21. The average Bonchev–Trinajstić information content (AvgIpc) is 2.29. The van der Waals surface area contributed by atoms with Crippen LogP contribution in [0, 0.1) is 11.3 Å². The maximum Gasteiger partial charge on any atom is 0.215 e. The number of hydrogen-bond donors (Lipinski definition) is 1. The van der Waals surface area contributed by atoms with Crippen LogP contribution in [0.15, 0.2) is 12.1 Å². The number of anilines is 2. The van der Waals surface area contributed by atoms with E-state index in [0.29, 0.717) is 23.8 Å². The molecule has 1 rings (SSSR count). The van der Waals surface area contributed by atoms with Crippen LogP contribution in [0.2, 0.25) is 0 Å². The number of hydrogen-bond acceptors (Lipinski definition) is 5. The number of rotatable bonds is 4. The van der Waals surface area contributed by atoms with Crippen LogP contribution in [0.3, 0.4) is 0 Å². The topological polar surface area (TPSA) is 75.2 Å². The summed E-state index contributed by atoms with van der Waals surface area (Å²) < 4.78 is 5.04. The second-order valence-electron chi connectivity index (χ2n) is 3.59. The van der Waals surface area contributed by atoms with Crippen molar-refractivity contribution in [2.45, 2.75) is 19.4 Å². The van der Waals surface area contributed by atoms with E-state index in [2.05, 4.69) is 11.1 Å². The van der Waals surface area contributed by atoms with Crippen LogP contribution in [0.4, 0.5) is 11.5 Å². The molecule has 0 aliphatic heterocycles. The van der Waals surface area contributed by atoms with E-state index >= 15 is 0 Å². The monoisotopic (exact) mass is 220 g/mol. The molecule has 0 aliphatic rings. The number of aromatic nitrogens is 1. The van der Waals surface area contributed by atoms with Crippen molar-refractivity contribution in [3.8, 4) is 11.9 Å². The zero-order chi connectivity index (χ0) is 12.1. The lowest BCUT2D eigenvalue weighted by Gasteiger charge is -2.25. The van der Waals surface area contributed by atoms with Crippen LogP contribution in [0.25, 0.3) is 0 Å². The average molecular weight is 220 g/mol. The third-order valence-corrected chi connectivity index (χ3v) is 2.47. The Hall–Kier alpha value is -1.96. The second-order valence-corrected chi connectivity index (χ2v) is 3.59. The molecule has 1 aromatic rings. The lowest BCUT2D eigenvalue weighted by molar-refractivity contribution is 0.398. The zero-order valence-corrected chi connectivity index (χ0v) is 9.77. The smallest absolute Gasteiger partial charge is 0.215 e. The van der Waals surface area contributed by atoms with Gasteiger partial charge in [0.15, 0.2) is 5.82 Å². The fraction of sp³-hybridized carbons (Fsp3) is 0.455. The van der Waals surface area contributed by atoms with Gasteiger partial charge in [0.2, 0.25) is 5.88 Å². The number of nitrogens with zero attached hydrogens (tertiary/aromatic N) is 3. The van der Waals surface area contributed by atoms with Crippen LogP contribution < -0.4 is 15.4 Å². The minimum atomic E-state index is 0.0620. The van der Waals surface area contributed by atoms with E-state index in [9.17, 15) is 0 Å². The van der Waals surface area contributed by atoms with Gasteiger partial charge in [-0.3, -0.25) is 0 Å². The highest BCUT2D eigenvalue weighted by Gasteiger charge is 2.14. The first-order valence-corrected chi connectivity index (χ1v) is 5.00. The van der Waals surface area contributed by atoms with Gasteiger partial charge in [-0.25, -0.2) is 0 Å². The number of nitrogens with two attached hydrogens (primary N) is 1. The molecule has 1 unspecified atom stereocenters. The molecule has 86 valence electrons. The van der Waals surface area contributed by atoms with Gasteiger partial charge in [0.05, 0.1) is 25.3 Å². The SMILES string of the molecule is COc1ccc(N)c(N(C)C(C)CC#N)n1. The Balaban J connectivity index is 2.98. The number of methoxy groups -OCH3 is 1. The molecular weight excluding hydrogens is 204 g/mol.